The third kappa shape index (κ3) is 9.72. The molecule has 1 aliphatic rings. The number of ether oxygens (including phenoxy) is 1. The predicted molar refractivity (Wildman–Crippen MR) is 100 cm³/mol. The summed E-state index contributed by atoms with van der Waals surface area (Å²) in [6.07, 6.45) is 2.25. The second kappa shape index (κ2) is 12.0. The highest BCUT2D eigenvalue weighted by Gasteiger charge is 2.12. The molecule has 1 aromatic rings. The van der Waals surface area contributed by atoms with Crippen LogP contribution >= 0.6 is 0 Å². The number of hydrogen-bond donors (Lipinski definition) is 2. The van der Waals surface area contributed by atoms with E-state index in [0.29, 0.717) is 0 Å². The molecule has 1 aromatic carbocycles. The number of carbonyl (C=O) groups is 3. The van der Waals surface area contributed by atoms with Crippen molar-refractivity contribution < 1.29 is 29.3 Å². The lowest BCUT2D eigenvalue weighted by Gasteiger charge is -2.32. The molecule has 0 aliphatic carbocycles. The van der Waals surface area contributed by atoms with Crippen molar-refractivity contribution in [3.8, 4) is 5.75 Å². The number of piperazine rings is 1. The molecule has 8 heteroatoms. The van der Waals surface area contributed by atoms with Gasteiger partial charge in [-0.25, -0.2) is 9.59 Å². The van der Waals surface area contributed by atoms with Crippen molar-refractivity contribution in [2.75, 3.05) is 46.4 Å². The smallest absolute Gasteiger partial charge is 0.414 e. The number of nitrogens with zero attached hydrogens (tertiary/aromatic N) is 2. The zero-order chi connectivity index (χ0) is 20.2. The monoisotopic (exact) mass is 380 g/mol. The van der Waals surface area contributed by atoms with Gasteiger partial charge in [0, 0.05) is 31.7 Å². The lowest BCUT2D eigenvalue weighted by Crippen LogP contribution is -2.44. The van der Waals surface area contributed by atoms with E-state index in [1.807, 2.05) is 24.3 Å². The maximum Gasteiger partial charge on any atom is 0.414 e. The summed E-state index contributed by atoms with van der Waals surface area (Å²) in [6, 6.07) is 7.39. The molecule has 2 rings (SSSR count). The van der Waals surface area contributed by atoms with Gasteiger partial charge in [0.15, 0.2) is 5.78 Å². The largest absolute Gasteiger partial charge is 0.494 e. The zero-order valence-electron chi connectivity index (χ0n) is 15.9. The molecule has 0 unspecified atom stereocenters. The van der Waals surface area contributed by atoms with Gasteiger partial charge in [0.25, 0.3) is 0 Å². The molecule has 0 saturated carbocycles. The first-order chi connectivity index (χ1) is 12.8. The summed E-state index contributed by atoms with van der Waals surface area (Å²) in [6.45, 7) is 8.22. The third-order valence-corrected chi connectivity index (χ3v) is 4.18. The van der Waals surface area contributed by atoms with Crippen molar-refractivity contribution in [1.29, 1.82) is 0 Å². The highest BCUT2D eigenvalue weighted by Crippen LogP contribution is 2.13. The number of carboxylic acid groups (broad SMARTS) is 2. The van der Waals surface area contributed by atoms with Gasteiger partial charge < -0.3 is 24.7 Å². The first-order valence-electron chi connectivity index (χ1n) is 8.90. The van der Waals surface area contributed by atoms with E-state index in [2.05, 4.69) is 16.8 Å². The molecule has 0 atom stereocenters. The van der Waals surface area contributed by atoms with E-state index < -0.39 is 11.9 Å². The number of carbonyl (C=O) groups excluding carboxylic acids is 1. The summed E-state index contributed by atoms with van der Waals surface area (Å²) in [5.41, 5.74) is 0.734. The van der Waals surface area contributed by atoms with Gasteiger partial charge in [-0.1, -0.05) is 0 Å². The average molecular weight is 380 g/mol. The fourth-order valence-corrected chi connectivity index (χ4v) is 2.48. The fourth-order valence-electron chi connectivity index (χ4n) is 2.48. The lowest BCUT2D eigenvalue weighted by atomic mass is 10.1. The number of aliphatic carboxylic acids is 2. The number of likely N-dealkylation sites (N-methyl/N-ethyl adjacent to an activating group) is 1. The summed E-state index contributed by atoms with van der Waals surface area (Å²) in [4.78, 5) is 34.3. The number of benzene rings is 1. The van der Waals surface area contributed by atoms with E-state index in [1.165, 1.54) is 39.1 Å². The Labute approximate surface area is 159 Å². The van der Waals surface area contributed by atoms with Crippen molar-refractivity contribution >= 4 is 17.7 Å². The Bertz CT molecular complexity index is 597. The molecule has 1 aliphatic heterocycles. The van der Waals surface area contributed by atoms with Gasteiger partial charge in [-0.05, 0) is 57.6 Å². The summed E-state index contributed by atoms with van der Waals surface area (Å²) in [7, 11) is 2.18. The van der Waals surface area contributed by atoms with E-state index >= 15 is 0 Å². The molecule has 150 valence electrons. The minimum Gasteiger partial charge on any atom is -0.494 e. The van der Waals surface area contributed by atoms with E-state index in [0.717, 1.165) is 24.3 Å². The van der Waals surface area contributed by atoms with Crippen LogP contribution in [0, 0.1) is 0 Å². The van der Waals surface area contributed by atoms with E-state index in [9.17, 15) is 4.79 Å². The molecule has 1 fully saturated rings. The van der Waals surface area contributed by atoms with E-state index in [-0.39, 0.29) is 5.78 Å². The van der Waals surface area contributed by atoms with Gasteiger partial charge in [0.1, 0.15) is 5.75 Å². The van der Waals surface area contributed by atoms with Crippen molar-refractivity contribution in [1.82, 2.24) is 9.80 Å². The molecule has 0 aromatic heterocycles. The van der Waals surface area contributed by atoms with Crippen LogP contribution in [0.4, 0.5) is 0 Å². The maximum atomic E-state index is 11.2. The standard InChI is InChI=1S/C17H26N2O2.C2H2O4/c1-15(20)16-5-7-17(8-6-16)21-14-4-3-9-19-12-10-18(2)11-13-19;3-1(4)2(5)6/h5-8H,3-4,9-14H2,1-2H3;(H,3,4)(H,5,6). The van der Waals surface area contributed by atoms with Crippen LogP contribution in [0.15, 0.2) is 24.3 Å². The molecule has 1 saturated heterocycles. The van der Waals surface area contributed by atoms with E-state index in [1.54, 1.807) is 6.92 Å². The van der Waals surface area contributed by atoms with Crippen LogP contribution in [0.5, 0.6) is 5.75 Å². The van der Waals surface area contributed by atoms with Crippen LogP contribution in [-0.2, 0) is 9.59 Å². The lowest BCUT2D eigenvalue weighted by molar-refractivity contribution is -0.159. The number of carboxylic acids is 2. The molecule has 0 amide bonds. The highest BCUT2D eigenvalue weighted by molar-refractivity contribution is 6.27. The van der Waals surface area contributed by atoms with Gasteiger partial charge in [-0.15, -0.1) is 0 Å². The molecule has 27 heavy (non-hydrogen) atoms. The molecule has 1 heterocycles. The summed E-state index contributed by atoms with van der Waals surface area (Å²) >= 11 is 0. The van der Waals surface area contributed by atoms with Crippen molar-refractivity contribution in [2.45, 2.75) is 19.8 Å². The zero-order valence-corrected chi connectivity index (χ0v) is 15.9. The summed E-state index contributed by atoms with van der Waals surface area (Å²) in [5.74, 6) is -2.71. The van der Waals surface area contributed by atoms with Crippen LogP contribution in [0.3, 0.4) is 0 Å². The predicted octanol–water partition coefficient (Wildman–Crippen LogP) is 1.45. The number of ketones is 1. The molecule has 0 bridgehead atoms. The Balaban J connectivity index is 0.000000527. The first kappa shape index (κ1) is 22.6. The number of Topliss-reactive ketones (excluding diaryl/α,β-unsaturated/α-hetero) is 1. The van der Waals surface area contributed by atoms with Gasteiger partial charge >= 0.3 is 11.9 Å². The van der Waals surface area contributed by atoms with Crippen LogP contribution in [0.2, 0.25) is 0 Å². The molecular formula is C19H28N2O6. The number of unbranched alkanes of at least 4 members (excludes halogenated alkanes) is 1. The van der Waals surface area contributed by atoms with Crippen LogP contribution in [-0.4, -0.2) is 84.1 Å². The maximum absolute atomic E-state index is 11.2. The summed E-state index contributed by atoms with van der Waals surface area (Å²) in [5, 5.41) is 14.8. The Morgan fingerprint density at radius 2 is 1.52 bits per heavy atom. The molecular weight excluding hydrogens is 352 g/mol. The van der Waals surface area contributed by atoms with Gasteiger partial charge in [-0.2, -0.15) is 0 Å². The van der Waals surface area contributed by atoms with Gasteiger partial charge in [0.2, 0.25) is 0 Å². The second-order valence-electron chi connectivity index (χ2n) is 6.39. The molecule has 8 nitrogen and oxygen atoms in total. The average Bonchev–Trinajstić information content (AvgIpc) is 2.64. The fraction of sp³-hybridized carbons (Fsp3) is 0.526. The number of rotatable bonds is 7. The van der Waals surface area contributed by atoms with E-state index in [4.69, 9.17) is 24.5 Å². The van der Waals surface area contributed by atoms with Gasteiger partial charge in [0.05, 0.1) is 6.61 Å². The third-order valence-electron chi connectivity index (χ3n) is 4.18. The Kier molecular flexibility index (Phi) is 10.1. The van der Waals surface area contributed by atoms with Crippen LogP contribution in [0.1, 0.15) is 30.1 Å². The minimum absolute atomic E-state index is 0.0914. The Morgan fingerprint density at radius 1 is 0.963 bits per heavy atom. The SMILES string of the molecule is CC(=O)c1ccc(OCCCCN2CCN(C)CC2)cc1.O=C(O)C(=O)O. The molecule has 2 N–H and O–H groups in total. The normalized spacial score (nSPS) is 14.7. The Morgan fingerprint density at radius 3 is 2.00 bits per heavy atom. The van der Waals surface area contributed by atoms with Crippen molar-refractivity contribution in [3.63, 3.8) is 0 Å². The minimum atomic E-state index is -1.82. The quantitative estimate of drug-likeness (QED) is 0.416. The topological polar surface area (TPSA) is 107 Å². The van der Waals surface area contributed by atoms with Crippen LogP contribution in [0.25, 0.3) is 0 Å². The summed E-state index contributed by atoms with van der Waals surface area (Å²) < 4.78 is 5.71. The molecule has 0 spiro atoms. The van der Waals surface area contributed by atoms with Crippen molar-refractivity contribution in [2.24, 2.45) is 0 Å². The number of hydrogen-bond acceptors (Lipinski definition) is 6. The highest BCUT2D eigenvalue weighted by atomic mass is 16.5. The van der Waals surface area contributed by atoms with Gasteiger partial charge in [-0.3, -0.25) is 4.79 Å². The molecule has 0 radical (unpaired) electrons. The first-order valence-corrected chi connectivity index (χ1v) is 8.90. The second-order valence-corrected chi connectivity index (χ2v) is 6.39. The van der Waals surface area contributed by atoms with Crippen molar-refractivity contribution in [3.05, 3.63) is 29.8 Å². The van der Waals surface area contributed by atoms with Crippen LogP contribution < -0.4 is 4.74 Å². The Hall–Kier alpha value is -2.45.